The third kappa shape index (κ3) is 2.52. The first-order valence-corrected chi connectivity index (χ1v) is 5.86. The van der Waals surface area contributed by atoms with Gasteiger partial charge in [-0.15, -0.1) is 0 Å². The van der Waals surface area contributed by atoms with E-state index in [1.165, 1.54) is 0 Å². The number of nitrogens with zero attached hydrogens (tertiary/aromatic N) is 2. The topological polar surface area (TPSA) is 69.0 Å². The van der Waals surface area contributed by atoms with Gasteiger partial charge in [0.05, 0.1) is 0 Å². The average molecular weight is 255 g/mol. The van der Waals surface area contributed by atoms with Crippen LogP contribution >= 0.6 is 11.6 Å². The van der Waals surface area contributed by atoms with E-state index in [0.29, 0.717) is 11.0 Å². The van der Waals surface area contributed by atoms with Crippen molar-refractivity contribution in [3.05, 3.63) is 41.3 Å². The van der Waals surface area contributed by atoms with Gasteiger partial charge in [-0.25, -0.2) is 10.4 Å². The minimum absolute atomic E-state index is 0.288. The molecule has 0 saturated heterocycles. The summed E-state index contributed by atoms with van der Waals surface area (Å²) in [5.41, 5.74) is 2.70. The van der Waals surface area contributed by atoms with E-state index in [1.54, 1.807) is 18.3 Å². The second kappa shape index (κ2) is 5.35. The zero-order chi connectivity index (χ0) is 12.3. The molecule has 3 N–H and O–H groups in total. The van der Waals surface area contributed by atoms with Crippen LogP contribution in [-0.2, 0) is 6.54 Å². The number of hydrogen-bond donors (Lipinski definition) is 2. The quantitative estimate of drug-likeness (QED) is 0.633. The van der Waals surface area contributed by atoms with Crippen LogP contribution in [0.15, 0.2) is 28.9 Å². The third-order valence-electron chi connectivity index (χ3n) is 2.52. The van der Waals surface area contributed by atoms with E-state index >= 15 is 0 Å². The predicted molar refractivity (Wildman–Crippen MR) is 65.4 cm³/mol. The van der Waals surface area contributed by atoms with Crippen LogP contribution in [0.2, 0.25) is 5.22 Å². The molecule has 0 spiro atoms. The average Bonchev–Trinajstić information content (AvgIpc) is 2.91. The smallest absolute Gasteiger partial charge is 0.193 e. The van der Waals surface area contributed by atoms with Crippen LogP contribution in [0, 0.1) is 0 Å². The maximum Gasteiger partial charge on any atom is 0.193 e. The van der Waals surface area contributed by atoms with Crippen molar-refractivity contribution in [2.75, 3.05) is 0 Å². The zero-order valence-electron chi connectivity index (χ0n) is 9.56. The van der Waals surface area contributed by atoms with Gasteiger partial charge in [-0.05, 0) is 30.2 Å². The van der Waals surface area contributed by atoms with Gasteiger partial charge in [0.2, 0.25) is 0 Å². The lowest BCUT2D eigenvalue weighted by molar-refractivity contribution is 0.431. The molecule has 0 aromatic carbocycles. The molecular formula is C11H15ClN4O. The second-order valence-electron chi connectivity index (χ2n) is 3.72. The van der Waals surface area contributed by atoms with E-state index in [0.717, 1.165) is 18.8 Å². The van der Waals surface area contributed by atoms with Gasteiger partial charge in [0.25, 0.3) is 0 Å². The number of aryl methyl sites for hydroxylation is 1. The molecule has 2 rings (SSSR count). The van der Waals surface area contributed by atoms with Gasteiger partial charge in [0, 0.05) is 18.9 Å². The van der Waals surface area contributed by atoms with Crippen molar-refractivity contribution >= 4 is 11.6 Å². The van der Waals surface area contributed by atoms with Crippen molar-refractivity contribution < 1.29 is 4.42 Å². The highest BCUT2D eigenvalue weighted by atomic mass is 35.5. The van der Waals surface area contributed by atoms with Crippen LogP contribution in [0.5, 0.6) is 0 Å². The summed E-state index contributed by atoms with van der Waals surface area (Å²) in [5, 5.41) is 0.342. The summed E-state index contributed by atoms with van der Waals surface area (Å²) in [5.74, 6) is 7.04. The summed E-state index contributed by atoms with van der Waals surface area (Å²) >= 11 is 5.76. The van der Waals surface area contributed by atoms with Crippen molar-refractivity contribution in [1.29, 1.82) is 0 Å². The van der Waals surface area contributed by atoms with E-state index in [4.69, 9.17) is 21.9 Å². The predicted octanol–water partition coefficient (Wildman–Crippen LogP) is 2.09. The van der Waals surface area contributed by atoms with Gasteiger partial charge >= 0.3 is 0 Å². The Hall–Kier alpha value is -1.30. The number of hydrogen-bond acceptors (Lipinski definition) is 4. The molecule has 0 aliphatic heterocycles. The van der Waals surface area contributed by atoms with Gasteiger partial charge in [-0.3, -0.25) is 5.84 Å². The summed E-state index contributed by atoms with van der Waals surface area (Å²) in [6.45, 7) is 3.00. The Morgan fingerprint density at radius 3 is 3.00 bits per heavy atom. The second-order valence-corrected chi connectivity index (χ2v) is 4.09. The monoisotopic (exact) mass is 254 g/mol. The van der Waals surface area contributed by atoms with E-state index in [2.05, 4.69) is 17.3 Å². The SMILES string of the molecule is CCCn1ccnc1C(NN)c1ccc(Cl)o1. The van der Waals surface area contributed by atoms with Crippen LogP contribution in [0.25, 0.3) is 0 Å². The lowest BCUT2D eigenvalue weighted by atomic mass is 10.2. The number of imidazole rings is 1. The summed E-state index contributed by atoms with van der Waals surface area (Å²) in [4.78, 5) is 4.31. The van der Waals surface area contributed by atoms with Crippen LogP contribution < -0.4 is 11.3 Å². The highest BCUT2D eigenvalue weighted by molar-refractivity contribution is 6.28. The van der Waals surface area contributed by atoms with E-state index < -0.39 is 0 Å². The number of aromatic nitrogens is 2. The molecule has 0 bridgehead atoms. The fraction of sp³-hybridized carbons (Fsp3) is 0.364. The number of rotatable bonds is 5. The summed E-state index contributed by atoms with van der Waals surface area (Å²) in [6.07, 6.45) is 4.70. The molecule has 0 amide bonds. The van der Waals surface area contributed by atoms with Gasteiger partial charge < -0.3 is 8.98 Å². The number of hydrazine groups is 1. The summed E-state index contributed by atoms with van der Waals surface area (Å²) < 4.78 is 7.41. The van der Waals surface area contributed by atoms with Crippen LogP contribution in [-0.4, -0.2) is 9.55 Å². The molecule has 92 valence electrons. The van der Waals surface area contributed by atoms with E-state index in [1.807, 2.05) is 10.8 Å². The highest BCUT2D eigenvalue weighted by Gasteiger charge is 2.20. The molecule has 1 unspecified atom stereocenters. The lowest BCUT2D eigenvalue weighted by Crippen LogP contribution is -2.30. The lowest BCUT2D eigenvalue weighted by Gasteiger charge is -2.14. The first kappa shape index (κ1) is 12.2. The molecule has 0 fully saturated rings. The van der Waals surface area contributed by atoms with Gasteiger partial charge in [0.1, 0.15) is 17.6 Å². The normalized spacial score (nSPS) is 12.9. The fourth-order valence-corrected chi connectivity index (χ4v) is 1.93. The number of nitrogens with two attached hydrogens (primary N) is 1. The minimum atomic E-state index is -0.288. The molecule has 2 heterocycles. The Kier molecular flexibility index (Phi) is 3.83. The minimum Gasteiger partial charge on any atom is -0.447 e. The fourth-order valence-electron chi connectivity index (χ4n) is 1.78. The molecular weight excluding hydrogens is 240 g/mol. The molecule has 0 aliphatic carbocycles. The molecule has 17 heavy (non-hydrogen) atoms. The van der Waals surface area contributed by atoms with Crippen LogP contribution in [0.4, 0.5) is 0 Å². The maximum absolute atomic E-state index is 5.76. The molecule has 2 aromatic rings. The van der Waals surface area contributed by atoms with Gasteiger partial charge in [-0.2, -0.15) is 0 Å². The molecule has 0 saturated carbocycles. The number of halogens is 1. The Morgan fingerprint density at radius 1 is 1.59 bits per heavy atom. The molecule has 5 nitrogen and oxygen atoms in total. The summed E-state index contributed by atoms with van der Waals surface area (Å²) in [7, 11) is 0. The van der Waals surface area contributed by atoms with Crippen molar-refractivity contribution in [3.8, 4) is 0 Å². The Labute approximate surface area is 105 Å². The van der Waals surface area contributed by atoms with Gasteiger partial charge in [-0.1, -0.05) is 6.92 Å². The highest BCUT2D eigenvalue weighted by Crippen LogP contribution is 2.24. The molecule has 2 aromatic heterocycles. The van der Waals surface area contributed by atoms with Crippen molar-refractivity contribution in [3.63, 3.8) is 0 Å². The molecule has 6 heteroatoms. The standard InChI is InChI=1S/C11H15ClN4O/c1-2-6-16-7-5-14-11(16)10(15-13)8-3-4-9(12)17-8/h3-5,7,10,15H,2,6,13H2,1H3. The number of nitrogens with one attached hydrogen (secondary N) is 1. The van der Waals surface area contributed by atoms with Crippen molar-refractivity contribution in [1.82, 2.24) is 15.0 Å². The maximum atomic E-state index is 5.76. The van der Waals surface area contributed by atoms with Crippen molar-refractivity contribution in [2.24, 2.45) is 5.84 Å². The Morgan fingerprint density at radius 2 is 2.41 bits per heavy atom. The Bertz CT molecular complexity index is 479. The zero-order valence-corrected chi connectivity index (χ0v) is 10.3. The first-order chi connectivity index (χ1) is 8.26. The van der Waals surface area contributed by atoms with Crippen LogP contribution in [0.1, 0.15) is 31.0 Å². The largest absolute Gasteiger partial charge is 0.447 e. The Balaban J connectivity index is 2.31. The van der Waals surface area contributed by atoms with Crippen LogP contribution in [0.3, 0.4) is 0 Å². The molecule has 0 aliphatic rings. The molecule has 0 radical (unpaired) electrons. The third-order valence-corrected chi connectivity index (χ3v) is 2.72. The van der Waals surface area contributed by atoms with E-state index in [9.17, 15) is 0 Å². The van der Waals surface area contributed by atoms with Gasteiger partial charge in [0.15, 0.2) is 5.22 Å². The van der Waals surface area contributed by atoms with E-state index in [-0.39, 0.29) is 6.04 Å². The number of furan rings is 1. The summed E-state index contributed by atoms with van der Waals surface area (Å²) in [6, 6.07) is 3.19. The van der Waals surface area contributed by atoms with Crippen molar-refractivity contribution in [2.45, 2.75) is 25.9 Å². The first-order valence-electron chi connectivity index (χ1n) is 5.48. The molecule has 1 atom stereocenters.